The van der Waals surface area contributed by atoms with Gasteiger partial charge in [-0.25, -0.2) is 4.99 Å². The van der Waals surface area contributed by atoms with Crippen molar-refractivity contribution in [3.8, 4) is 11.5 Å². The molecule has 160 valence electrons. The summed E-state index contributed by atoms with van der Waals surface area (Å²) in [6.07, 6.45) is 5.37. The summed E-state index contributed by atoms with van der Waals surface area (Å²) in [6, 6.07) is 13.6. The lowest BCUT2D eigenvalue weighted by molar-refractivity contribution is -0.113. The Morgan fingerprint density at radius 1 is 1.13 bits per heavy atom. The van der Waals surface area contributed by atoms with Crippen LogP contribution in [0.3, 0.4) is 0 Å². The smallest absolute Gasteiger partial charge is 0.283 e. The number of thioether (sulfide) groups is 1. The minimum atomic E-state index is -0.131. The minimum Gasteiger partial charge on any atom is -0.454 e. The standard InChI is InChI=1S/C24H24N2O4S/c1-16-5-8-18(9-6-16)26-23(27)20(12-17-7-10-21-22(13-17)30-15-29-21)25-24(26)31-14-19-4-2-3-11-28-19/h5-10,12-13,19H,2-4,11,14-15H2,1H3/b20-12+/t19-/m1/s1. The number of aliphatic imine (C=N–C) groups is 1. The number of fused-ring (bicyclic) bond motifs is 1. The first-order valence-electron chi connectivity index (χ1n) is 10.5. The van der Waals surface area contributed by atoms with Crippen LogP contribution in [0.15, 0.2) is 53.2 Å². The van der Waals surface area contributed by atoms with Gasteiger partial charge in [-0.2, -0.15) is 0 Å². The number of hydrogen-bond donors (Lipinski definition) is 0. The Balaban J connectivity index is 1.43. The average Bonchev–Trinajstić information content (AvgIpc) is 3.38. The Kier molecular flexibility index (Phi) is 5.70. The van der Waals surface area contributed by atoms with Gasteiger partial charge in [-0.1, -0.05) is 35.5 Å². The fraction of sp³-hybridized carbons (Fsp3) is 0.333. The molecule has 1 amide bonds. The second-order valence-corrected chi connectivity index (χ2v) is 8.80. The highest BCUT2D eigenvalue weighted by Crippen LogP contribution is 2.35. The summed E-state index contributed by atoms with van der Waals surface area (Å²) >= 11 is 1.58. The van der Waals surface area contributed by atoms with E-state index in [-0.39, 0.29) is 18.8 Å². The van der Waals surface area contributed by atoms with Crippen molar-refractivity contribution in [1.82, 2.24) is 0 Å². The van der Waals surface area contributed by atoms with Crippen molar-refractivity contribution in [3.05, 3.63) is 59.3 Å². The molecule has 0 saturated carbocycles. The van der Waals surface area contributed by atoms with Gasteiger partial charge in [0.1, 0.15) is 5.70 Å². The van der Waals surface area contributed by atoms with Gasteiger partial charge in [0.25, 0.3) is 5.91 Å². The van der Waals surface area contributed by atoms with Crippen LogP contribution in [0.1, 0.15) is 30.4 Å². The van der Waals surface area contributed by atoms with Crippen molar-refractivity contribution in [1.29, 1.82) is 0 Å². The van der Waals surface area contributed by atoms with Gasteiger partial charge in [-0.3, -0.25) is 9.69 Å². The monoisotopic (exact) mass is 436 g/mol. The fourth-order valence-corrected chi connectivity index (χ4v) is 4.86. The summed E-state index contributed by atoms with van der Waals surface area (Å²) in [7, 11) is 0. The molecule has 3 heterocycles. The number of carbonyl (C=O) groups is 1. The molecule has 3 aliphatic rings. The zero-order valence-electron chi connectivity index (χ0n) is 17.4. The van der Waals surface area contributed by atoms with E-state index >= 15 is 0 Å². The maximum absolute atomic E-state index is 13.3. The summed E-state index contributed by atoms with van der Waals surface area (Å²) in [5, 5.41) is 0.690. The predicted octanol–water partition coefficient (Wildman–Crippen LogP) is 4.77. The Bertz CT molecular complexity index is 1040. The van der Waals surface area contributed by atoms with Gasteiger partial charge in [-0.05, 0) is 62.1 Å². The van der Waals surface area contributed by atoms with Gasteiger partial charge in [0.15, 0.2) is 16.7 Å². The van der Waals surface area contributed by atoms with Crippen LogP contribution in [0.5, 0.6) is 11.5 Å². The lowest BCUT2D eigenvalue weighted by Crippen LogP contribution is -2.31. The van der Waals surface area contributed by atoms with Gasteiger partial charge in [-0.15, -0.1) is 0 Å². The van der Waals surface area contributed by atoms with Gasteiger partial charge in [0.05, 0.1) is 11.8 Å². The summed E-state index contributed by atoms with van der Waals surface area (Å²) in [5.41, 5.74) is 3.22. The molecule has 3 aliphatic heterocycles. The molecule has 6 nitrogen and oxygen atoms in total. The number of aryl methyl sites for hydroxylation is 1. The van der Waals surface area contributed by atoms with Gasteiger partial charge < -0.3 is 14.2 Å². The van der Waals surface area contributed by atoms with Crippen LogP contribution in [-0.2, 0) is 9.53 Å². The fourth-order valence-electron chi connectivity index (χ4n) is 3.78. The van der Waals surface area contributed by atoms with E-state index in [1.165, 1.54) is 6.42 Å². The molecule has 0 spiro atoms. The molecule has 31 heavy (non-hydrogen) atoms. The lowest BCUT2D eigenvalue weighted by Gasteiger charge is -2.23. The maximum Gasteiger partial charge on any atom is 0.283 e. The van der Waals surface area contributed by atoms with Crippen LogP contribution in [0, 0.1) is 6.92 Å². The molecule has 1 saturated heterocycles. The van der Waals surface area contributed by atoms with Crippen LogP contribution < -0.4 is 14.4 Å². The molecule has 0 unspecified atom stereocenters. The molecule has 0 aromatic heterocycles. The Labute approximate surface area is 185 Å². The molecule has 7 heteroatoms. The molecular formula is C24H24N2O4S. The third-order valence-corrected chi connectivity index (χ3v) is 6.56. The van der Waals surface area contributed by atoms with Crippen LogP contribution in [0.25, 0.3) is 6.08 Å². The van der Waals surface area contributed by atoms with Crippen molar-refractivity contribution >= 4 is 34.6 Å². The second-order valence-electron chi connectivity index (χ2n) is 7.81. The molecule has 0 bridgehead atoms. The van der Waals surface area contributed by atoms with Crippen molar-refractivity contribution < 1.29 is 19.0 Å². The summed E-state index contributed by atoms with van der Waals surface area (Å²) in [4.78, 5) is 19.7. The number of ether oxygens (including phenoxy) is 3. The molecule has 0 radical (unpaired) electrons. The van der Waals surface area contributed by atoms with E-state index in [0.717, 1.165) is 42.0 Å². The van der Waals surface area contributed by atoms with Crippen LogP contribution in [-0.4, -0.2) is 36.3 Å². The third kappa shape index (κ3) is 4.34. The highest BCUT2D eigenvalue weighted by Gasteiger charge is 2.32. The lowest BCUT2D eigenvalue weighted by atomic mass is 10.1. The topological polar surface area (TPSA) is 60.4 Å². The number of benzene rings is 2. The quantitative estimate of drug-likeness (QED) is 0.646. The number of rotatable bonds is 4. The molecular weight excluding hydrogens is 412 g/mol. The summed E-state index contributed by atoms with van der Waals surface area (Å²) < 4.78 is 16.7. The normalized spacial score (nSPS) is 21.6. The molecule has 0 N–H and O–H groups in total. The van der Waals surface area contributed by atoms with E-state index in [0.29, 0.717) is 22.4 Å². The number of nitrogens with zero attached hydrogens (tertiary/aromatic N) is 2. The number of carbonyl (C=O) groups excluding carboxylic acids is 1. The largest absolute Gasteiger partial charge is 0.454 e. The van der Waals surface area contributed by atoms with Crippen LogP contribution >= 0.6 is 11.8 Å². The Morgan fingerprint density at radius 3 is 2.77 bits per heavy atom. The van der Waals surface area contributed by atoms with E-state index < -0.39 is 0 Å². The summed E-state index contributed by atoms with van der Waals surface area (Å²) in [5.74, 6) is 2.05. The van der Waals surface area contributed by atoms with E-state index in [1.54, 1.807) is 22.7 Å². The van der Waals surface area contributed by atoms with Crippen molar-refractivity contribution in [3.63, 3.8) is 0 Å². The molecule has 0 aliphatic carbocycles. The predicted molar refractivity (Wildman–Crippen MR) is 123 cm³/mol. The van der Waals surface area contributed by atoms with Gasteiger partial charge in [0.2, 0.25) is 6.79 Å². The first-order chi connectivity index (χ1) is 15.2. The number of amidine groups is 1. The molecule has 5 rings (SSSR count). The van der Waals surface area contributed by atoms with E-state index in [4.69, 9.17) is 19.2 Å². The van der Waals surface area contributed by atoms with Crippen LogP contribution in [0.2, 0.25) is 0 Å². The molecule has 2 aromatic rings. The van der Waals surface area contributed by atoms with Gasteiger partial charge >= 0.3 is 0 Å². The highest BCUT2D eigenvalue weighted by molar-refractivity contribution is 8.14. The first-order valence-corrected chi connectivity index (χ1v) is 11.5. The first kappa shape index (κ1) is 20.2. The third-order valence-electron chi connectivity index (χ3n) is 5.49. The number of anilines is 1. The molecule has 1 atom stereocenters. The van der Waals surface area contributed by atoms with Crippen molar-refractivity contribution in [2.75, 3.05) is 24.1 Å². The van der Waals surface area contributed by atoms with E-state index in [2.05, 4.69) is 0 Å². The average molecular weight is 437 g/mol. The summed E-state index contributed by atoms with van der Waals surface area (Å²) in [6.45, 7) is 3.07. The number of amides is 1. The van der Waals surface area contributed by atoms with Crippen LogP contribution in [0.4, 0.5) is 5.69 Å². The Morgan fingerprint density at radius 2 is 1.97 bits per heavy atom. The molecule has 1 fully saturated rings. The SMILES string of the molecule is Cc1ccc(N2C(=O)/C(=C\c3ccc4c(c3)OCO4)N=C2SC[C@H]2CCCCO2)cc1. The highest BCUT2D eigenvalue weighted by atomic mass is 32.2. The Hall–Kier alpha value is -2.77. The van der Waals surface area contributed by atoms with E-state index in [9.17, 15) is 4.79 Å². The van der Waals surface area contributed by atoms with Crippen molar-refractivity contribution in [2.45, 2.75) is 32.3 Å². The molecule has 2 aromatic carbocycles. The van der Waals surface area contributed by atoms with Crippen molar-refractivity contribution in [2.24, 2.45) is 4.99 Å². The van der Waals surface area contributed by atoms with E-state index in [1.807, 2.05) is 49.4 Å². The zero-order valence-corrected chi connectivity index (χ0v) is 18.2. The maximum atomic E-state index is 13.3. The van der Waals surface area contributed by atoms with Gasteiger partial charge in [0, 0.05) is 12.4 Å². The second kappa shape index (κ2) is 8.77. The zero-order chi connectivity index (χ0) is 21.2. The number of hydrogen-bond acceptors (Lipinski definition) is 6. The minimum absolute atomic E-state index is 0.131.